The molecule has 0 atom stereocenters. The SMILES string of the molecule is CCCOc1nn(CCC)cc1C(=O)N(C)c1ccc(C(F)(F)F)cc1. The molecule has 0 saturated heterocycles. The van der Waals surface area contributed by atoms with Gasteiger partial charge in [0.2, 0.25) is 5.88 Å². The molecule has 1 amide bonds. The number of hydrogen-bond acceptors (Lipinski definition) is 3. The number of aromatic nitrogens is 2. The Labute approximate surface area is 150 Å². The van der Waals surface area contributed by atoms with Gasteiger partial charge in [0, 0.05) is 25.5 Å². The van der Waals surface area contributed by atoms with Gasteiger partial charge >= 0.3 is 6.18 Å². The van der Waals surface area contributed by atoms with E-state index in [-0.39, 0.29) is 11.4 Å². The fourth-order valence-corrected chi connectivity index (χ4v) is 2.37. The minimum absolute atomic E-state index is 0.240. The zero-order valence-corrected chi connectivity index (χ0v) is 15.0. The first-order valence-electron chi connectivity index (χ1n) is 8.43. The van der Waals surface area contributed by atoms with Gasteiger partial charge in [-0.05, 0) is 37.1 Å². The summed E-state index contributed by atoms with van der Waals surface area (Å²) in [4.78, 5) is 14.1. The highest BCUT2D eigenvalue weighted by Crippen LogP contribution is 2.31. The molecule has 0 fully saturated rings. The maximum Gasteiger partial charge on any atom is 0.416 e. The number of ether oxygens (including phenoxy) is 1. The number of rotatable bonds is 7. The van der Waals surface area contributed by atoms with Gasteiger partial charge in [0.05, 0.1) is 12.2 Å². The second-order valence-corrected chi connectivity index (χ2v) is 5.87. The molecule has 5 nitrogen and oxygen atoms in total. The van der Waals surface area contributed by atoms with Crippen molar-refractivity contribution in [2.24, 2.45) is 0 Å². The summed E-state index contributed by atoms with van der Waals surface area (Å²) in [5.74, 6) is -0.151. The quantitative estimate of drug-likeness (QED) is 0.728. The van der Waals surface area contributed by atoms with Crippen molar-refractivity contribution in [3.8, 4) is 5.88 Å². The molecule has 1 heterocycles. The molecule has 0 unspecified atom stereocenters. The number of carbonyl (C=O) groups excluding carboxylic acids is 1. The number of benzene rings is 1. The molecule has 142 valence electrons. The largest absolute Gasteiger partial charge is 0.476 e. The number of halogens is 3. The molecule has 1 aromatic carbocycles. The minimum atomic E-state index is -4.41. The van der Waals surface area contributed by atoms with Crippen molar-refractivity contribution in [1.82, 2.24) is 9.78 Å². The van der Waals surface area contributed by atoms with Crippen molar-refractivity contribution in [2.75, 3.05) is 18.6 Å². The van der Waals surface area contributed by atoms with Crippen LogP contribution in [-0.4, -0.2) is 29.3 Å². The Kier molecular flexibility index (Phi) is 6.28. The summed E-state index contributed by atoms with van der Waals surface area (Å²) in [6.45, 7) is 5.00. The van der Waals surface area contributed by atoms with E-state index < -0.39 is 17.6 Å². The van der Waals surface area contributed by atoms with E-state index in [1.54, 1.807) is 10.9 Å². The van der Waals surface area contributed by atoms with Gasteiger partial charge in [-0.3, -0.25) is 9.48 Å². The number of nitrogens with zero attached hydrogens (tertiary/aromatic N) is 3. The van der Waals surface area contributed by atoms with Gasteiger partial charge in [-0.2, -0.15) is 13.2 Å². The van der Waals surface area contributed by atoms with E-state index in [4.69, 9.17) is 4.74 Å². The summed E-state index contributed by atoms with van der Waals surface area (Å²) in [6.07, 6.45) is -1.19. The lowest BCUT2D eigenvalue weighted by Gasteiger charge is -2.18. The number of carbonyl (C=O) groups is 1. The van der Waals surface area contributed by atoms with Crippen molar-refractivity contribution in [2.45, 2.75) is 39.4 Å². The van der Waals surface area contributed by atoms with Crippen LogP contribution < -0.4 is 9.64 Å². The first kappa shape index (κ1) is 19.8. The Morgan fingerprint density at radius 2 is 1.85 bits per heavy atom. The molecule has 1 aromatic heterocycles. The van der Waals surface area contributed by atoms with Crippen molar-refractivity contribution < 1.29 is 22.7 Å². The van der Waals surface area contributed by atoms with Gasteiger partial charge in [-0.25, -0.2) is 0 Å². The van der Waals surface area contributed by atoms with E-state index in [0.717, 1.165) is 25.0 Å². The lowest BCUT2D eigenvalue weighted by molar-refractivity contribution is -0.137. The summed E-state index contributed by atoms with van der Waals surface area (Å²) in [7, 11) is 1.51. The van der Waals surface area contributed by atoms with Gasteiger partial charge in [-0.15, -0.1) is 5.10 Å². The average Bonchev–Trinajstić information content (AvgIpc) is 3.01. The topological polar surface area (TPSA) is 47.4 Å². The summed E-state index contributed by atoms with van der Waals surface area (Å²) < 4.78 is 45.2. The molecule has 0 aliphatic carbocycles. The van der Waals surface area contributed by atoms with E-state index >= 15 is 0 Å². The molecule has 0 aliphatic heterocycles. The fourth-order valence-electron chi connectivity index (χ4n) is 2.37. The van der Waals surface area contributed by atoms with Crippen LogP contribution in [0.25, 0.3) is 0 Å². The zero-order chi connectivity index (χ0) is 19.3. The van der Waals surface area contributed by atoms with Crippen LogP contribution in [-0.2, 0) is 12.7 Å². The molecule has 2 aromatic rings. The summed E-state index contributed by atoms with van der Waals surface area (Å²) in [5.41, 5.74) is -0.119. The van der Waals surface area contributed by atoms with E-state index in [1.807, 2.05) is 13.8 Å². The van der Waals surface area contributed by atoms with Crippen LogP contribution in [0.1, 0.15) is 42.6 Å². The first-order valence-corrected chi connectivity index (χ1v) is 8.43. The average molecular weight is 369 g/mol. The first-order chi connectivity index (χ1) is 12.3. The molecular formula is C18H22F3N3O2. The maximum atomic E-state index is 12.8. The van der Waals surface area contributed by atoms with Crippen LogP contribution in [0.15, 0.2) is 30.5 Å². The number of aryl methyl sites for hydroxylation is 1. The number of alkyl halides is 3. The normalized spacial score (nSPS) is 11.5. The Balaban J connectivity index is 2.26. The van der Waals surface area contributed by atoms with E-state index in [2.05, 4.69) is 5.10 Å². The third-order valence-corrected chi connectivity index (χ3v) is 3.74. The van der Waals surface area contributed by atoms with E-state index in [0.29, 0.717) is 18.8 Å². The van der Waals surface area contributed by atoms with Crippen LogP contribution in [0.4, 0.5) is 18.9 Å². The number of amides is 1. The molecule has 0 spiro atoms. The van der Waals surface area contributed by atoms with Gasteiger partial charge in [0.15, 0.2) is 0 Å². The minimum Gasteiger partial charge on any atom is -0.476 e. The number of hydrogen-bond donors (Lipinski definition) is 0. The summed E-state index contributed by atoms with van der Waals surface area (Å²) in [6, 6.07) is 4.44. The lowest BCUT2D eigenvalue weighted by atomic mass is 10.2. The second kappa shape index (κ2) is 8.25. The van der Waals surface area contributed by atoms with Gasteiger partial charge in [0.25, 0.3) is 5.91 Å². The van der Waals surface area contributed by atoms with Gasteiger partial charge in [0.1, 0.15) is 5.56 Å². The van der Waals surface area contributed by atoms with Crippen molar-refractivity contribution >= 4 is 11.6 Å². The predicted octanol–water partition coefficient (Wildman–Crippen LogP) is 4.38. The molecule has 0 radical (unpaired) electrons. The van der Waals surface area contributed by atoms with Crippen molar-refractivity contribution in [3.63, 3.8) is 0 Å². The van der Waals surface area contributed by atoms with Crippen LogP contribution in [0.5, 0.6) is 5.88 Å². The standard InChI is InChI=1S/C18H22F3N3O2/c1-4-10-24-12-15(16(22-24)26-11-5-2)17(25)23(3)14-8-6-13(7-9-14)18(19,20)21/h6-9,12H,4-5,10-11H2,1-3H3. The Morgan fingerprint density at radius 3 is 2.38 bits per heavy atom. The molecule has 2 rings (SSSR count). The molecule has 0 aliphatic rings. The molecule has 0 N–H and O–H groups in total. The fraction of sp³-hybridized carbons (Fsp3) is 0.444. The zero-order valence-electron chi connectivity index (χ0n) is 15.0. The highest BCUT2D eigenvalue weighted by molar-refractivity contribution is 6.07. The van der Waals surface area contributed by atoms with E-state index in [1.165, 1.54) is 24.1 Å². The van der Waals surface area contributed by atoms with Gasteiger partial charge < -0.3 is 9.64 Å². The molecule has 0 bridgehead atoms. The lowest BCUT2D eigenvalue weighted by Crippen LogP contribution is -2.26. The second-order valence-electron chi connectivity index (χ2n) is 5.87. The monoisotopic (exact) mass is 369 g/mol. The predicted molar refractivity (Wildman–Crippen MR) is 92.5 cm³/mol. The summed E-state index contributed by atoms with van der Waals surface area (Å²) >= 11 is 0. The third kappa shape index (κ3) is 4.56. The molecule has 26 heavy (non-hydrogen) atoms. The van der Waals surface area contributed by atoms with Gasteiger partial charge in [-0.1, -0.05) is 13.8 Å². The highest BCUT2D eigenvalue weighted by atomic mass is 19.4. The Bertz CT molecular complexity index is 739. The molecular weight excluding hydrogens is 347 g/mol. The van der Waals surface area contributed by atoms with Crippen LogP contribution in [0.3, 0.4) is 0 Å². The molecule has 8 heteroatoms. The van der Waals surface area contributed by atoms with Crippen molar-refractivity contribution in [1.29, 1.82) is 0 Å². The third-order valence-electron chi connectivity index (χ3n) is 3.74. The smallest absolute Gasteiger partial charge is 0.416 e. The highest BCUT2D eigenvalue weighted by Gasteiger charge is 2.30. The Morgan fingerprint density at radius 1 is 1.19 bits per heavy atom. The van der Waals surface area contributed by atoms with Crippen LogP contribution in [0.2, 0.25) is 0 Å². The van der Waals surface area contributed by atoms with Crippen LogP contribution in [0, 0.1) is 0 Å². The Hall–Kier alpha value is -2.51. The van der Waals surface area contributed by atoms with Crippen LogP contribution >= 0.6 is 0 Å². The molecule has 0 saturated carbocycles. The summed E-state index contributed by atoms with van der Waals surface area (Å²) in [5, 5.41) is 4.28. The van der Waals surface area contributed by atoms with E-state index in [9.17, 15) is 18.0 Å². The number of anilines is 1. The van der Waals surface area contributed by atoms with Crippen molar-refractivity contribution in [3.05, 3.63) is 41.6 Å². The maximum absolute atomic E-state index is 12.8.